The predicted octanol–water partition coefficient (Wildman–Crippen LogP) is 1.83. The number of methoxy groups -OCH3 is 2. The van der Waals surface area contributed by atoms with Crippen LogP contribution >= 0.6 is 0 Å². The van der Waals surface area contributed by atoms with Crippen LogP contribution in [0.3, 0.4) is 0 Å². The van der Waals surface area contributed by atoms with Crippen molar-refractivity contribution in [2.45, 2.75) is 0 Å². The van der Waals surface area contributed by atoms with Crippen molar-refractivity contribution < 1.29 is 20.0 Å². The summed E-state index contributed by atoms with van der Waals surface area (Å²) < 4.78 is 10.5. The van der Waals surface area contributed by atoms with Gasteiger partial charge in [0.15, 0.2) is 11.4 Å². The number of benzene rings is 2. The molecule has 0 aliphatic carbocycles. The number of carbonyl (C=O) groups excluding carboxylic acids is 1. The number of carbonyl (C=O) groups is 1. The van der Waals surface area contributed by atoms with Gasteiger partial charge in [-0.05, 0) is 12.1 Å². The number of anilines is 1. The van der Waals surface area contributed by atoms with Crippen LogP contribution < -0.4 is 20.5 Å². The molecule has 0 fully saturated rings. The van der Waals surface area contributed by atoms with Crippen LogP contribution in [0.1, 0.15) is 10.4 Å². The first-order chi connectivity index (χ1) is 9.65. The van der Waals surface area contributed by atoms with E-state index in [4.69, 9.17) is 9.47 Å². The minimum atomic E-state index is -0.206. The Morgan fingerprint density at radius 1 is 1.05 bits per heavy atom. The topological polar surface area (TPSA) is 75.2 Å². The first-order valence-corrected chi connectivity index (χ1v) is 6.10. The molecule has 0 saturated heterocycles. The van der Waals surface area contributed by atoms with Crippen LogP contribution in [-0.2, 0) is 0 Å². The lowest BCUT2D eigenvalue weighted by atomic mass is 10.2. The van der Waals surface area contributed by atoms with E-state index >= 15 is 0 Å². The predicted molar refractivity (Wildman–Crippen MR) is 76.5 cm³/mol. The molecule has 0 aliphatic heterocycles. The van der Waals surface area contributed by atoms with Crippen LogP contribution in [-0.4, -0.2) is 20.1 Å². The van der Waals surface area contributed by atoms with Crippen molar-refractivity contribution in [3.05, 3.63) is 48.0 Å². The standard InChI is InChI=1S/C15H16N2O3/c1-19-13-9-12(14(20-2)8-11(13)16)17-15(18)10-6-4-3-5-7-10/h3-9H,16H2,1-2H3,(H,17,18)/p+1. The third-order valence-electron chi connectivity index (χ3n) is 2.89. The first kappa shape index (κ1) is 13.9. The lowest BCUT2D eigenvalue weighted by Crippen LogP contribution is -2.40. The molecule has 0 radical (unpaired) electrons. The number of hydrogen-bond acceptors (Lipinski definition) is 3. The van der Waals surface area contributed by atoms with Gasteiger partial charge in [0.25, 0.3) is 5.91 Å². The summed E-state index contributed by atoms with van der Waals surface area (Å²) in [5.41, 5.74) is 5.68. The van der Waals surface area contributed by atoms with E-state index in [0.717, 1.165) is 0 Å². The molecule has 2 rings (SSSR count). The first-order valence-electron chi connectivity index (χ1n) is 6.10. The van der Waals surface area contributed by atoms with Gasteiger partial charge in [-0.15, -0.1) is 0 Å². The van der Waals surface area contributed by atoms with E-state index in [0.29, 0.717) is 28.4 Å². The van der Waals surface area contributed by atoms with Gasteiger partial charge in [-0.3, -0.25) is 4.79 Å². The maximum Gasteiger partial charge on any atom is 0.255 e. The molecule has 2 aromatic rings. The van der Waals surface area contributed by atoms with Crippen LogP contribution in [0.4, 0.5) is 11.4 Å². The van der Waals surface area contributed by atoms with E-state index in [1.807, 2.05) is 18.2 Å². The maximum atomic E-state index is 12.1. The molecule has 104 valence electrons. The van der Waals surface area contributed by atoms with Crippen LogP contribution in [0, 0.1) is 0 Å². The zero-order valence-electron chi connectivity index (χ0n) is 11.5. The molecule has 1 amide bonds. The van der Waals surface area contributed by atoms with Crippen LogP contribution in [0.5, 0.6) is 11.5 Å². The van der Waals surface area contributed by atoms with Gasteiger partial charge < -0.3 is 20.5 Å². The highest BCUT2D eigenvalue weighted by Crippen LogP contribution is 2.33. The molecule has 0 spiro atoms. The lowest BCUT2D eigenvalue weighted by molar-refractivity contribution is -0.256. The number of amides is 1. The van der Waals surface area contributed by atoms with Crippen LogP contribution in [0.15, 0.2) is 42.5 Å². The third-order valence-corrected chi connectivity index (χ3v) is 2.89. The summed E-state index contributed by atoms with van der Waals surface area (Å²) in [6.07, 6.45) is 0. The van der Waals surface area contributed by atoms with Gasteiger partial charge in [0, 0.05) is 17.7 Å². The molecule has 0 unspecified atom stereocenters. The van der Waals surface area contributed by atoms with E-state index in [2.05, 4.69) is 11.1 Å². The van der Waals surface area contributed by atoms with Crippen molar-refractivity contribution in [1.29, 1.82) is 0 Å². The fourth-order valence-electron chi connectivity index (χ4n) is 1.84. The second-order valence-electron chi connectivity index (χ2n) is 4.18. The number of hydrogen-bond donors (Lipinski definition) is 2. The highest BCUT2D eigenvalue weighted by atomic mass is 16.5. The van der Waals surface area contributed by atoms with Crippen molar-refractivity contribution >= 4 is 17.3 Å². The Kier molecular flexibility index (Phi) is 4.22. The number of quaternary nitrogens is 1. The fraction of sp³-hybridized carbons (Fsp3) is 0.133. The summed E-state index contributed by atoms with van der Waals surface area (Å²) in [5.74, 6) is 0.928. The van der Waals surface area contributed by atoms with Gasteiger partial charge in [-0.1, -0.05) is 18.2 Å². The Morgan fingerprint density at radius 3 is 2.30 bits per heavy atom. The smallest absolute Gasteiger partial charge is 0.255 e. The molecule has 0 saturated carbocycles. The van der Waals surface area contributed by atoms with E-state index in [1.54, 1.807) is 38.5 Å². The van der Waals surface area contributed by atoms with Crippen molar-refractivity contribution in [1.82, 2.24) is 0 Å². The molecule has 2 aromatic carbocycles. The maximum absolute atomic E-state index is 12.1. The highest BCUT2D eigenvalue weighted by molar-refractivity contribution is 6.05. The SMILES string of the molecule is COc1cc(NC(=O)c2ccccc2)c(OC)cc1[NH3+]. The second kappa shape index (κ2) is 6.08. The van der Waals surface area contributed by atoms with Crippen LogP contribution in [0.2, 0.25) is 0 Å². The summed E-state index contributed by atoms with van der Waals surface area (Å²) in [6.45, 7) is 0. The molecule has 0 bridgehead atoms. The Labute approximate surface area is 117 Å². The molecule has 4 N–H and O–H groups in total. The van der Waals surface area contributed by atoms with Gasteiger partial charge in [-0.25, -0.2) is 0 Å². The van der Waals surface area contributed by atoms with E-state index in [1.165, 1.54) is 0 Å². The summed E-state index contributed by atoms with van der Waals surface area (Å²) >= 11 is 0. The van der Waals surface area contributed by atoms with Crippen molar-refractivity contribution in [3.63, 3.8) is 0 Å². The minimum Gasteiger partial charge on any atom is -0.494 e. The monoisotopic (exact) mass is 273 g/mol. The van der Waals surface area contributed by atoms with Gasteiger partial charge in [0.1, 0.15) is 5.75 Å². The Balaban J connectivity index is 2.31. The Morgan fingerprint density at radius 2 is 1.70 bits per heavy atom. The molecule has 20 heavy (non-hydrogen) atoms. The van der Waals surface area contributed by atoms with Crippen molar-refractivity contribution in [2.24, 2.45) is 0 Å². The number of rotatable bonds is 4. The Bertz CT molecular complexity index is 612. The fourth-order valence-corrected chi connectivity index (χ4v) is 1.84. The molecule has 0 atom stereocenters. The molecule has 0 heterocycles. The second-order valence-corrected chi connectivity index (χ2v) is 4.18. The molecular formula is C15H17N2O3+. The number of nitrogens with one attached hydrogen (secondary N) is 1. The van der Waals surface area contributed by atoms with E-state index in [-0.39, 0.29) is 5.91 Å². The van der Waals surface area contributed by atoms with Crippen LogP contribution in [0.25, 0.3) is 0 Å². The van der Waals surface area contributed by atoms with E-state index < -0.39 is 0 Å². The van der Waals surface area contributed by atoms with Gasteiger partial charge >= 0.3 is 0 Å². The normalized spacial score (nSPS) is 9.95. The highest BCUT2D eigenvalue weighted by Gasteiger charge is 2.14. The largest absolute Gasteiger partial charge is 0.494 e. The van der Waals surface area contributed by atoms with Gasteiger partial charge in [-0.2, -0.15) is 0 Å². The zero-order valence-corrected chi connectivity index (χ0v) is 11.5. The molecule has 5 nitrogen and oxygen atoms in total. The van der Waals surface area contributed by atoms with Crippen molar-refractivity contribution in [3.8, 4) is 11.5 Å². The molecule has 0 aliphatic rings. The van der Waals surface area contributed by atoms with Gasteiger partial charge in [0.2, 0.25) is 0 Å². The summed E-state index contributed by atoms with van der Waals surface area (Å²) in [7, 11) is 3.10. The minimum absolute atomic E-state index is 0.206. The molecular weight excluding hydrogens is 256 g/mol. The quantitative estimate of drug-likeness (QED) is 0.892. The zero-order chi connectivity index (χ0) is 14.5. The lowest BCUT2D eigenvalue weighted by Gasteiger charge is -2.12. The van der Waals surface area contributed by atoms with E-state index in [9.17, 15) is 4.79 Å². The molecule has 0 aromatic heterocycles. The number of ether oxygens (including phenoxy) is 2. The summed E-state index contributed by atoms with van der Waals surface area (Å²) in [4.78, 5) is 12.1. The molecule has 5 heteroatoms. The summed E-state index contributed by atoms with van der Waals surface area (Å²) in [5, 5.41) is 2.81. The average molecular weight is 273 g/mol. The van der Waals surface area contributed by atoms with Gasteiger partial charge in [0.05, 0.1) is 19.9 Å². The third kappa shape index (κ3) is 2.89. The average Bonchev–Trinajstić information content (AvgIpc) is 2.49. The summed E-state index contributed by atoms with van der Waals surface area (Å²) in [6, 6.07) is 12.4. The Hall–Kier alpha value is -2.53. The van der Waals surface area contributed by atoms with Crippen molar-refractivity contribution in [2.75, 3.05) is 19.5 Å².